The lowest BCUT2D eigenvalue weighted by Crippen LogP contribution is -2.24. The summed E-state index contributed by atoms with van der Waals surface area (Å²) in [5.74, 6) is -1.30. The van der Waals surface area contributed by atoms with Crippen LogP contribution >= 0.6 is 23.4 Å². The summed E-state index contributed by atoms with van der Waals surface area (Å²) in [6, 6.07) is 6.25. The van der Waals surface area contributed by atoms with Crippen molar-refractivity contribution in [2.75, 3.05) is 5.73 Å². The smallest absolute Gasteiger partial charge is 0.262 e. The van der Waals surface area contributed by atoms with Gasteiger partial charge in [-0.1, -0.05) is 31.5 Å². The van der Waals surface area contributed by atoms with Crippen molar-refractivity contribution in [3.8, 4) is 5.69 Å². The Kier molecular flexibility index (Phi) is 4.15. The van der Waals surface area contributed by atoms with Crippen LogP contribution in [0.5, 0.6) is 0 Å². The van der Waals surface area contributed by atoms with Gasteiger partial charge in [-0.3, -0.25) is 24.3 Å². The largest absolute Gasteiger partial charge is 0.384 e. The van der Waals surface area contributed by atoms with Crippen LogP contribution in [0.15, 0.2) is 34.0 Å². The van der Waals surface area contributed by atoms with Gasteiger partial charge in [0.1, 0.15) is 5.82 Å². The zero-order valence-corrected chi connectivity index (χ0v) is 14.5. The first-order valence-corrected chi connectivity index (χ1v) is 8.43. The highest BCUT2D eigenvalue weighted by Gasteiger charge is 2.32. The van der Waals surface area contributed by atoms with Crippen LogP contribution in [-0.4, -0.2) is 21.6 Å². The monoisotopic (exact) mass is 363 g/mol. The minimum Gasteiger partial charge on any atom is -0.384 e. The molecule has 2 amide bonds. The molecule has 3 N–H and O–H groups in total. The van der Waals surface area contributed by atoms with E-state index in [4.69, 9.17) is 17.3 Å². The highest BCUT2D eigenvalue weighted by molar-refractivity contribution is 8.00. The van der Waals surface area contributed by atoms with E-state index in [1.165, 1.54) is 16.3 Å². The third-order valence-electron chi connectivity index (χ3n) is 3.49. The first kappa shape index (κ1) is 16.6. The number of halogens is 1. The Hall–Kier alpha value is -2.25. The number of thioether (sulfide) groups is 1. The number of imide groups is 1. The average molecular weight is 364 g/mol. The van der Waals surface area contributed by atoms with Gasteiger partial charge in [0.05, 0.1) is 26.7 Å². The maximum Gasteiger partial charge on any atom is 0.262 e. The number of benzene rings is 1. The molecule has 1 aromatic heterocycles. The molecular formula is C16H14ClN3O3S. The van der Waals surface area contributed by atoms with Crippen LogP contribution in [0.2, 0.25) is 5.02 Å². The van der Waals surface area contributed by atoms with Crippen LogP contribution < -0.4 is 16.6 Å². The zero-order valence-electron chi connectivity index (χ0n) is 12.9. The Labute approximate surface area is 147 Å². The number of pyridine rings is 1. The quantitative estimate of drug-likeness (QED) is 0.645. The van der Waals surface area contributed by atoms with E-state index in [1.807, 2.05) is 13.8 Å². The van der Waals surface area contributed by atoms with Crippen LogP contribution in [0, 0.1) is 0 Å². The number of fused-ring (bicyclic) bond motifs is 1. The van der Waals surface area contributed by atoms with Crippen LogP contribution in [0.25, 0.3) is 5.69 Å². The Morgan fingerprint density at radius 2 is 1.92 bits per heavy atom. The number of carbonyl (C=O) groups excluding carboxylic acids is 2. The second kappa shape index (κ2) is 5.99. The topological polar surface area (TPSA) is 94.2 Å². The van der Waals surface area contributed by atoms with Gasteiger partial charge in [0, 0.05) is 11.3 Å². The molecule has 2 heterocycles. The number of nitrogen functional groups attached to an aromatic ring is 1. The summed E-state index contributed by atoms with van der Waals surface area (Å²) in [6.45, 7) is 4.00. The Balaban J connectivity index is 2.32. The van der Waals surface area contributed by atoms with E-state index in [9.17, 15) is 14.4 Å². The molecule has 0 aliphatic carbocycles. The summed E-state index contributed by atoms with van der Waals surface area (Å²) < 4.78 is 1.22. The first-order valence-electron chi connectivity index (χ1n) is 7.18. The van der Waals surface area contributed by atoms with E-state index < -0.39 is 17.4 Å². The number of anilines is 1. The SMILES string of the molecule is CC(C)Sc1c(Cl)cccc1-n1c(N)c2c(cc1=O)C(=O)NC2=O. The maximum atomic E-state index is 12.5. The number of aromatic nitrogens is 1. The van der Waals surface area contributed by atoms with Crippen molar-refractivity contribution < 1.29 is 9.59 Å². The predicted molar refractivity (Wildman–Crippen MR) is 94.3 cm³/mol. The van der Waals surface area contributed by atoms with Gasteiger partial charge in [-0.2, -0.15) is 0 Å². The van der Waals surface area contributed by atoms with Gasteiger partial charge in [-0.15, -0.1) is 11.8 Å². The molecule has 0 unspecified atom stereocenters. The summed E-state index contributed by atoms with van der Waals surface area (Å²) in [6.07, 6.45) is 0. The molecule has 0 saturated carbocycles. The van der Waals surface area contributed by atoms with Gasteiger partial charge in [-0.25, -0.2) is 0 Å². The van der Waals surface area contributed by atoms with Gasteiger partial charge in [0.15, 0.2) is 0 Å². The molecule has 6 nitrogen and oxygen atoms in total. The Bertz CT molecular complexity index is 937. The van der Waals surface area contributed by atoms with Gasteiger partial charge in [-0.05, 0) is 12.1 Å². The lowest BCUT2D eigenvalue weighted by atomic mass is 10.1. The second-order valence-corrected chi connectivity index (χ2v) is 7.52. The van der Waals surface area contributed by atoms with Crippen LogP contribution in [0.1, 0.15) is 34.6 Å². The molecule has 8 heteroatoms. The molecule has 124 valence electrons. The van der Waals surface area contributed by atoms with Crippen molar-refractivity contribution in [3.63, 3.8) is 0 Å². The molecule has 0 saturated heterocycles. The Morgan fingerprint density at radius 3 is 2.58 bits per heavy atom. The molecule has 0 fully saturated rings. The number of nitrogens with zero attached hydrogens (tertiary/aromatic N) is 1. The van der Waals surface area contributed by atoms with E-state index in [1.54, 1.807) is 18.2 Å². The van der Waals surface area contributed by atoms with Gasteiger partial charge >= 0.3 is 0 Å². The lowest BCUT2D eigenvalue weighted by Gasteiger charge is -2.17. The van der Waals surface area contributed by atoms with Crippen molar-refractivity contribution in [2.45, 2.75) is 24.0 Å². The third kappa shape index (κ3) is 2.59. The Morgan fingerprint density at radius 1 is 1.21 bits per heavy atom. The summed E-state index contributed by atoms with van der Waals surface area (Å²) in [7, 11) is 0. The molecule has 1 aliphatic heterocycles. The number of hydrogen-bond acceptors (Lipinski definition) is 5. The number of nitrogens with two attached hydrogens (primary N) is 1. The number of carbonyl (C=O) groups is 2. The molecule has 1 aliphatic rings. The van der Waals surface area contributed by atoms with E-state index in [2.05, 4.69) is 5.32 Å². The summed E-state index contributed by atoms with van der Waals surface area (Å²) in [5.41, 5.74) is 6.07. The number of rotatable bonds is 3. The number of amides is 2. The number of hydrogen-bond donors (Lipinski definition) is 2. The molecule has 0 atom stereocenters. The zero-order chi connectivity index (χ0) is 17.6. The van der Waals surface area contributed by atoms with E-state index in [-0.39, 0.29) is 22.2 Å². The van der Waals surface area contributed by atoms with Crippen molar-refractivity contribution in [2.24, 2.45) is 0 Å². The van der Waals surface area contributed by atoms with Gasteiger partial charge < -0.3 is 5.73 Å². The van der Waals surface area contributed by atoms with E-state index >= 15 is 0 Å². The number of nitrogens with one attached hydrogen (secondary N) is 1. The summed E-state index contributed by atoms with van der Waals surface area (Å²) >= 11 is 7.77. The van der Waals surface area contributed by atoms with E-state index in [0.29, 0.717) is 15.6 Å². The van der Waals surface area contributed by atoms with Gasteiger partial charge in [0.25, 0.3) is 17.4 Å². The highest BCUT2D eigenvalue weighted by Crippen LogP contribution is 2.36. The standard InChI is InChI=1S/C16H14ClN3O3S/c1-7(2)24-13-9(17)4-3-5-10(13)20-11(21)6-8-12(14(20)18)16(23)19-15(8)22/h3-7H,18H2,1-2H3,(H,19,22,23). The molecule has 3 rings (SSSR count). The minimum atomic E-state index is -0.617. The molecule has 1 aromatic carbocycles. The second-order valence-electron chi connectivity index (χ2n) is 5.53. The predicted octanol–water partition coefficient (Wildman–Crippen LogP) is 2.46. The van der Waals surface area contributed by atoms with Crippen molar-refractivity contribution in [1.29, 1.82) is 0 Å². The molecule has 0 radical (unpaired) electrons. The van der Waals surface area contributed by atoms with E-state index in [0.717, 1.165) is 6.07 Å². The first-order chi connectivity index (χ1) is 11.3. The molecule has 0 spiro atoms. The summed E-state index contributed by atoms with van der Waals surface area (Å²) in [4.78, 5) is 36.9. The fraction of sp³-hybridized carbons (Fsp3) is 0.188. The lowest BCUT2D eigenvalue weighted by molar-refractivity contribution is 0.0880. The maximum absolute atomic E-state index is 12.5. The fourth-order valence-electron chi connectivity index (χ4n) is 2.55. The van der Waals surface area contributed by atoms with Crippen molar-refractivity contribution in [1.82, 2.24) is 9.88 Å². The molecule has 2 aromatic rings. The fourth-order valence-corrected chi connectivity index (χ4v) is 3.79. The normalized spacial score (nSPS) is 13.3. The average Bonchev–Trinajstić information content (AvgIpc) is 2.76. The third-order valence-corrected chi connectivity index (χ3v) is 5.06. The van der Waals surface area contributed by atoms with Gasteiger partial charge in [0.2, 0.25) is 0 Å². The van der Waals surface area contributed by atoms with Crippen molar-refractivity contribution >= 4 is 41.0 Å². The molecule has 24 heavy (non-hydrogen) atoms. The van der Waals surface area contributed by atoms with Crippen LogP contribution in [0.4, 0.5) is 5.82 Å². The van der Waals surface area contributed by atoms with Crippen LogP contribution in [0.3, 0.4) is 0 Å². The summed E-state index contributed by atoms with van der Waals surface area (Å²) in [5, 5.41) is 2.85. The van der Waals surface area contributed by atoms with Crippen LogP contribution in [-0.2, 0) is 0 Å². The molecule has 0 bridgehead atoms. The minimum absolute atomic E-state index is 0.00107. The van der Waals surface area contributed by atoms with Crippen molar-refractivity contribution in [3.05, 3.63) is 50.8 Å². The molecular weight excluding hydrogens is 350 g/mol. The highest BCUT2D eigenvalue weighted by atomic mass is 35.5.